The van der Waals surface area contributed by atoms with Gasteiger partial charge in [-0.25, -0.2) is 5.84 Å². The van der Waals surface area contributed by atoms with Crippen molar-refractivity contribution in [1.29, 1.82) is 0 Å². The summed E-state index contributed by atoms with van der Waals surface area (Å²) >= 11 is 0. The molecule has 0 spiro atoms. The van der Waals surface area contributed by atoms with Gasteiger partial charge in [0, 0.05) is 6.54 Å². The summed E-state index contributed by atoms with van der Waals surface area (Å²) in [7, 11) is 0. The second-order valence-electron chi connectivity index (χ2n) is 1.59. The van der Waals surface area contributed by atoms with Crippen LogP contribution in [0.4, 0.5) is 0 Å². The first-order chi connectivity index (χ1) is 4.20. The Balaban J connectivity index is 3.78. The average Bonchev–Trinajstić information content (AvgIpc) is 1.87. The van der Waals surface area contributed by atoms with Crippen LogP contribution in [-0.2, 0) is 0 Å². The van der Waals surface area contributed by atoms with Crippen molar-refractivity contribution in [1.82, 2.24) is 5.01 Å². The zero-order chi connectivity index (χ0) is 7.28. The van der Waals surface area contributed by atoms with Crippen LogP contribution in [0.2, 0.25) is 0 Å². The average molecular weight is 128 g/mol. The molecule has 3 heteroatoms. The standard InChI is InChI=1S/C6H12N2O/c1-3-6(9)5-8(7)4-2/h3,5,9H,1,4,7H2,2H3/b6-5+. The summed E-state index contributed by atoms with van der Waals surface area (Å²) in [5.74, 6) is 5.38. The molecule has 0 aliphatic rings. The maximum absolute atomic E-state index is 8.78. The smallest absolute Gasteiger partial charge is 0.132 e. The zero-order valence-electron chi connectivity index (χ0n) is 5.54. The highest BCUT2D eigenvalue weighted by Crippen LogP contribution is 1.88. The van der Waals surface area contributed by atoms with Crippen LogP contribution in [0.5, 0.6) is 0 Å². The van der Waals surface area contributed by atoms with Crippen LogP contribution in [0.25, 0.3) is 0 Å². The minimum atomic E-state index is 0.0827. The largest absolute Gasteiger partial charge is 0.506 e. The van der Waals surface area contributed by atoms with E-state index in [1.165, 1.54) is 17.3 Å². The molecule has 0 fully saturated rings. The molecule has 0 aromatic rings. The van der Waals surface area contributed by atoms with E-state index in [-0.39, 0.29) is 5.76 Å². The van der Waals surface area contributed by atoms with Crippen molar-refractivity contribution >= 4 is 0 Å². The lowest BCUT2D eigenvalue weighted by Gasteiger charge is -2.08. The van der Waals surface area contributed by atoms with Crippen LogP contribution in [-0.4, -0.2) is 16.7 Å². The van der Waals surface area contributed by atoms with Crippen LogP contribution in [0.15, 0.2) is 24.6 Å². The van der Waals surface area contributed by atoms with Gasteiger partial charge in [-0.2, -0.15) is 0 Å². The van der Waals surface area contributed by atoms with E-state index in [4.69, 9.17) is 10.9 Å². The topological polar surface area (TPSA) is 49.5 Å². The summed E-state index contributed by atoms with van der Waals surface area (Å²) in [4.78, 5) is 0. The Labute approximate surface area is 55.0 Å². The van der Waals surface area contributed by atoms with Gasteiger partial charge in [0.15, 0.2) is 0 Å². The Morgan fingerprint density at radius 2 is 2.44 bits per heavy atom. The van der Waals surface area contributed by atoms with Crippen LogP contribution in [0.3, 0.4) is 0 Å². The third-order valence-electron chi connectivity index (χ3n) is 0.872. The Kier molecular flexibility index (Phi) is 3.55. The SMILES string of the molecule is C=C/C(O)=C\N(N)CC. The number of aliphatic hydroxyl groups excluding tert-OH is 1. The Morgan fingerprint density at radius 1 is 1.89 bits per heavy atom. The van der Waals surface area contributed by atoms with Crippen LogP contribution in [0, 0.1) is 0 Å². The monoisotopic (exact) mass is 128 g/mol. The highest BCUT2D eigenvalue weighted by atomic mass is 16.3. The summed E-state index contributed by atoms with van der Waals surface area (Å²) in [6.07, 6.45) is 2.74. The third kappa shape index (κ3) is 3.61. The van der Waals surface area contributed by atoms with Gasteiger partial charge in [-0.05, 0) is 13.0 Å². The van der Waals surface area contributed by atoms with Crippen molar-refractivity contribution in [2.24, 2.45) is 5.84 Å². The van der Waals surface area contributed by atoms with Crippen molar-refractivity contribution in [2.45, 2.75) is 6.92 Å². The summed E-state index contributed by atoms with van der Waals surface area (Å²) in [6.45, 7) is 5.89. The summed E-state index contributed by atoms with van der Waals surface area (Å²) in [5, 5.41) is 10.2. The predicted octanol–water partition coefficient (Wildman–Crippen LogP) is 0.767. The molecular formula is C6H12N2O. The number of nitrogens with zero attached hydrogens (tertiary/aromatic N) is 1. The molecule has 0 aromatic heterocycles. The molecule has 52 valence electrons. The summed E-state index contributed by atoms with van der Waals surface area (Å²) < 4.78 is 0. The molecule has 0 saturated carbocycles. The molecule has 3 nitrogen and oxygen atoms in total. The van der Waals surface area contributed by atoms with Gasteiger partial charge in [0.1, 0.15) is 5.76 Å². The number of hydrogen-bond donors (Lipinski definition) is 2. The maximum Gasteiger partial charge on any atom is 0.132 e. The minimum Gasteiger partial charge on any atom is -0.506 e. The van der Waals surface area contributed by atoms with E-state index in [9.17, 15) is 0 Å². The summed E-state index contributed by atoms with van der Waals surface area (Å²) in [6, 6.07) is 0. The van der Waals surface area contributed by atoms with Crippen LogP contribution >= 0.6 is 0 Å². The quantitative estimate of drug-likeness (QED) is 0.255. The zero-order valence-corrected chi connectivity index (χ0v) is 5.54. The highest BCUT2D eigenvalue weighted by Gasteiger charge is 1.86. The lowest BCUT2D eigenvalue weighted by atomic mass is 10.5. The molecule has 0 atom stereocenters. The fraction of sp³-hybridized carbons (Fsp3) is 0.333. The normalized spacial score (nSPS) is 11.1. The van der Waals surface area contributed by atoms with Gasteiger partial charge in [0.2, 0.25) is 0 Å². The van der Waals surface area contributed by atoms with E-state index in [0.717, 1.165) is 0 Å². The summed E-state index contributed by atoms with van der Waals surface area (Å²) in [5.41, 5.74) is 0. The van der Waals surface area contributed by atoms with Gasteiger partial charge in [0.25, 0.3) is 0 Å². The van der Waals surface area contributed by atoms with Gasteiger partial charge in [0.05, 0.1) is 6.20 Å². The molecule has 0 saturated heterocycles. The fourth-order valence-corrected chi connectivity index (χ4v) is 0.314. The molecule has 0 rings (SSSR count). The minimum absolute atomic E-state index is 0.0827. The number of hydrogen-bond acceptors (Lipinski definition) is 3. The predicted molar refractivity (Wildman–Crippen MR) is 37.5 cm³/mol. The first-order valence-corrected chi connectivity index (χ1v) is 2.75. The maximum atomic E-state index is 8.78. The number of aliphatic hydroxyl groups is 1. The first-order valence-electron chi connectivity index (χ1n) is 2.75. The number of allylic oxidation sites excluding steroid dienone is 1. The van der Waals surface area contributed by atoms with E-state index < -0.39 is 0 Å². The van der Waals surface area contributed by atoms with E-state index in [1.54, 1.807) is 0 Å². The van der Waals surface area contributed by atoms with E-state index in [1.807, 2.05) is 6.92 Å². The Morgan fingerprint density at radius 3 is 2.78 bits per heavy atom. The molecule has 0 aliphatic carbocycles. The molecule has 0 aliphatic heterocycles. The van der Waals surface area contributed by atoms with Gasteiger partial charge in [-0.1, -0.05) is 6.58 Å². The number of nitrogens with two attached hydrogens (primary N) is 1. The first kappa shape index (κ1) is 8.04. The van der Waals surface area contributed by atoms with Crippen molar-refractivity contribution in [3.63, 3.8) is 0 Å². The van der Waals surface area contributed by atoms with Crippen molar-refractivity contribution in [2.75, 3.05) is 6.54 Å². The van der Waals surface area contributed by atoms with E-state index in [0.29, 0.717) is 6.54 Å². The molecule has 0 unspecified atom stereocenters. The molecule has 0 bridgehead atoms. The molecule has 0 radical (unpaired) electrons. The van der Waals surface area contributed by atoms with Gasteiger partial charge in [-0.15, -0.1) is 0 Å². The lowest BCUT2D eigenvalue weighted by molar-refractivity contribution is 0.367. The molecule has 9 heavy (non-hydrogen) atoms. The molecule has 0 amide bonds. The van der Waals surface area contributed by atoms with Crippen molar-refractivity contribution in [3.05, 3.63) is 24.6 Å². The second kappa shape index (κ2) is 3.97. The molecule has 3 N–H and O–H groups in total. The van der Waals surface area contributed by atoms with Crippen molar-refractivity contribution in [3.8, 4) is 0 Å². The highest BCUT2D eigenvalue weighted by molar-refractivity contribution is 5.04. The Bertz CT molecular complexity index is 120. The Hall–Kier alpha value is -0.960. The number of hydrazine groups is 1. The van der Waals surface area contributed by atoms with Crippen LogP contribution in [0.1, 0.15) is 6.92 Å². The second-order valence-corrected chi connectivity index (χ2v) is 1.59. The molecular weight excluding hydrogens is 116 g/mol. The lowest BCUT2D eigenvalue weighted by Crippen LogP contribution is -2.24. The number of rotatable bonds is 3. The van der Waals surface area contributed by atoms with Crippen LogP contribution < -0.4 is 5.84 Å². The third-order valence-corrected chi connectivity index (χ3v) is 0.872. The molecule has 0 heterocycles. The van der Waals surface area contributed by atoms with Gasteiger partial charge < -0.3 is 10.1 Å². The van der Waals surface area contributed by atoms with E-state index >= 15 is 0 Å². The van der Waals surface area contributed by atoms with Crippen molar-refractivity contribution < 1.29 is 5.11 Å². The van der Waals surface area contributed by atoms with E-state index in [2.05, 4.69) is 6.58 Å². The van der Waals surface area contributed by atoms with Gasteiger partial charge in [-0.3, -0.25) is 0 Å². The molecule has 0 aromatic carbocycles. The van der Waals surface area contributed by atoms with Gasteiger partial charge >= 0.3 is 0 Å². The fourth-order valence-electron chi connectivity index (χ4n) is 0.314.